The van der Waals surface area contributed by atoms with Gasteiger partial charge in [0.2, 0.25) is 0 Å². The van der Waals surface area contributed by atoms with Crippen LogP contribution < -0.4 is 16.6 Å². The first-order valence-electron chi connectivity index (χ1n) is 5.38. The van der Waals surface area contributed by atoms with Crippen molar-refractivity contribution >= 4 is 11.5 Å². The zero-order chi connectivity index (χ0) is 12.1. The van der Waals surface area contributed by atoms with Crippen molar-refractivity contribution in [2.45, 2.75) is 33.7 Å². The van der Waals surface area contributed by atoms with Crippen molar-refractivity contribution in [2.24, 2.45) is 10.8 Å². The molecule has 1 heterocycles. The molecular formula is C11H18N4O. The molecule has 16 heavy (non-hydrogen) atoms. The van der Waals surface area contributed by atoms with E-state index >= 15 is 0 Å². The average molecular weight is 222 g/mol. The molecule has 0 spiro atoms. The Morgan fingerprint density at radius 1 is 1.38 bits per heavy atom. The Balaban J connectivity index is 2.25. The summed E-state index contributed by atoms with van der Waals surface area (Å²) in [6.45, 7) is 8.75. The van der Waals surface area contributed by atoms with Crippen molar-refractivity contribution in [1.29, 1.82) is 0 Å². The van der Waals surface area contributed by atoms with Crippen molar-refractivity contribution in [1.82, 2.24) is 9.97 Å². The maximum absolute atomic E-state index is 11.3. The topological polar surface area (TPSA) is 83.8 Å². The zero-order valence-electron chi connectivity index (χ0n) is 10.1. The van der Waals surface area contributed by atoms with E-state index in [9.17, 15) is 4.79 Å². The molecule has 88 valence electrons. The molecule has 0 atom stereocenters. The number of nitrogens with zero attached hydrogens (tertiary/aromatic N) is 1. The quantitative estimate of drug-likeness (QED) is 0.702. The number of rotatable bonds is 2. The lowest BCUT2D eigenvalue weighted by Crippen LogP contribution is -2.19. The van der Waals surface area contributed by atoms with Gasteiger partial charge in [-0.1, -0.05) is 27.7 Å². The minimum absolute atomic E-state index is 0.154. The standard InChI is InChI=1S/C11H18N4O/c1-10(2)9(11(10,3)4)15-7-6(12)8(16)14-5-13-7/h5,9H,12H2,1-4H3,(H2,13,14,15,16). The second kappa shape index (κ2) is 2.99. The van der Waals surface area contributed by atoms with Crippen LogP contribution in [0.1, 0.15) is 27.7 Å². The van der Waals surface area contributed by atoms with Gasteiger partial charge in [0.15, 0.2) is 5.82 Å². The molecule has 0 aromatic carbocycles. The van der Waals surface area contributed by atoms with E-state index in [1.165, 1.54) is 6.33 Å². The second-order valence-corrected chi connectivity index (χ2v) is 5.51. The molecule has 1 aromatic heterocycles. The Kier molecular flexibility index (Phi) is 2.05. The van der Waals surface area contributed by atoms with Crippen molar-refractivity contribution in [3.63, 3.8) is 0 Å². The van der Waals surface area contributed by atoms with Gasteiger partial charge in [0.25, 0.3) is 5.56 Å². The summed E-state index contributed by atoms with van der Waals surface area (Å²) < 4.78 is 0. The van der Waals surface area contributed by atoms with Crippen molar-refractivity contribution in [3.8, 4) is 0 Å². The molecule has 0 aliphatic heterocycles. The van der Waals surface area contributed by atoms with Gasteiger partial charge in [0.1, 0.15) is 5.69 Å². The molecule has 5 heteroatoms. The number of aromatic amines is 1. The first-order valence-corrected chi connectivity index (χ1v) is 5.38. The van der Waals surface area contributed by atoms with Gasteiger partial charge in [-0.15, -0.1) is 0 Å². The van der Waals surface area contributed by atoms with Crippen molar-refractivity contribution in [2.75, 3.05) is 11.1 Å². The third-order valence-electron chi connectivity index (χ3n) is 4.19. The molecule has 1 aliphatic rings. The fraction of sp³-hybridized carbons (Fsp3) is 0.636. The lowest BCUT2D eigenvalue weighted by molar-refractivity contribution is 0.457. The number of H-pyrrole nitrogens is 1. The fourth-order valence-corrected chi connectivity index (χ4v) is 2.22. The molecule has 1 aliphatic carbocycles. The summed E-state index contributed by atoms with van der Waals surface area (Å²) in [4.78, 5) is 17.8. The molecule has 1 aromatic rings. The van der Waals surface area contributed by atoms with Crippen LogP contribution in [0.4, 0.5) is 11.5 Å². The van der Waals surface area contributed by atoms with E-state index < -0.39 is 0 Å². The molecule has 0 saturated heterocycles. The maximum atomic E-state index is 11.3. The van der Waals surface area contributed by atoms with Crippen LogP contribution in [0.5, 0.6) is 0 Å². The first-order chi connectivity index (χ1) is 7.28. The summed E-state index contributed by atoms with van der Waals surface area (Å²) in [6.07, 6.45) is 1.36. The largest absolute Gasteiger partial charge is 0.391 e. The van der Waals surface area contributed by atoms with Crippen molar-refractivity contribution in [3.05, 3.63) is 16.7 Å². The Hall–Kier alpha value is -1.52. The second-order valence-electron chi connectivity index (χ2n) is 5.51. The summed E-state index contributed by atoms with van der Waals surface area (Å²) >= 11 is 0. The van der Waals surface area contributed by atoms with Crippen LogP contribution in [0, 0.1) is 10.8 Å². The van der Waals surface area contributed by atoms with E-state index in [0.717, 1.165) is 0 Å². The highest BCUT2D eigenvalue weighted by molar-refractivity contribution is 5.61. The lowest BCUT2D eigenvalue weighted by atomic mass is 10.0. The Labute approximate surface area is 94.5 Å². The van der Waals surface area contributed by atoms with Gasteiger partial charge in [-0.3, -0.25) is 4.79 Å². The Morgan fingerprint density at radius 3 is 2.44 bits per heavy atom. The first kappa shape index (κ1) is 11.0. The van der Waals surface area contributed by atoms with Gasteiger partial charge in [-0.2, -0.15) is 0 Å². The van der Waals surface area contributed by atoms with Crippen LogP contribution in [-0.4, -0.2) is 16.0 Å². The number of hydrogen-bond donors (Lipinski definition) is 3. The molecule has 1 fully saturated rings. The molecule has 1 saturated carbocycles. The molecule has 5 nitrogen and oxygen atoms in total. The number of nitrogens with one attached hydrogen (secondary N) is 2. The van der Waals surface area contributed by atoms with Crippen molar-refractivity contribution < 1.29 is 0 Å². The highest BCUT2D eigenvalue weighted by Gasteiger charge is 2.65. The van der Waals surface area contributed by atoms with Gasteiger partial charge in [0.05, 0.1) is 6.33 Å². The Morgan fingerprint density at radius 2 is 1.94 bits per heavy atom. The van der Waals surface area contributed by atoms with Crippen LogP contribution in [0.2, 0.25) is 0 Å². The molecule has 0 bridgehead atoms. The Bertz CT molecular complexity index is 461. The van der Waals surface area contributed by atoms with E-state index in [1.54, 1.807) is 0 Å². The van der Waals surface area contributed by atoms with E-state index in [1.807, 2.05) is 0 Å². The molecular weight excluding hydrogens is 204 g/mol. The van der Waals surface area contributed by atoms with E-state index in [2.05, 4.69) is 43.0 Å². The third-order valence-corrected chi connectivity index (χ3v) is 4.19. The molecule has 0 unspecified atom stereocenters. The third kappa shape index (κ3) is 1.31. The van der Waals surface area contributed by atoms with Crippen LogP contribution in [-0.2, 0) is 0 Å². The monoisotopic (exact) mass is 222 g/mol. The van der Waals surface area contributed by atoms with E-state index in [0.29, 0.717) is 5.82 Å². The molecule has 0 radical (unpaired) electrons. The number of nitrogens with two attached hydrogens (primary N) is 1. The van der Waals surface area contributed by atoms with Gasteiger partial charge in [-0.05, 0) is 10.8 Å². The minimum atomic E-state index is -0.297. The smallest absolute Gasteiger partial charge is 0.276 e. The zero-order valence-corrected chi connectivity index (χ0v) is 10.1. The van der Waals surface area contributed by atoms with Crippen LogP contribution in [0.25, 0.3) is 0 Å². The number of aromatic nitrogens is 2. The summed E-state index contributed by atoms with van der Waals surface area (Å²) in [7, 11) is 0. The van der Waals surface area contributed by atoms with Gasteiger partial charge in [0, 0.05) is 6.04 Å². The number of hydrogen-bond acceptors (Lipinski definition) is 4. The normalized spacial score (nSPS) is 21.8. The maximum Gasteiger partial charge on any atom is 0.276 e. The lowest BCUT2D eigenvalue weighted by Gasteiger charge is -2.08. The SMILES string of the molecule is CC1(C)C(Nc2nc[nH]c(=O)c2N)C1(C)C. The van der Waals surface area contributed by atoms with E-state index in [-0.39, 0.29) is 28.1 Å². The highest BCUT2D eigenvalue weighted by Crippen LogP contribution is 2.63. The minimum Gasteiger partial charge on any atom is -0.391 e. The van der Waals surface area contributed by atoms with Gasteiger partial charge < -0.3 is 16.0 Å². The fourth-order valence-electron chi connectivity index (χ4n) is 2.22. The predicted molar refractivity (Wildman–Crippen MR) is 64.2 cm³/mol. The molecule has 0 amide bonds. The number of anilines is 2. The molecule has 4 N–H and O–H groups in total. The summed E-state index contributed by atoms with van der Waals surface area (Å²) in [5.74, 6) is 0.479. The van der Waals surface area contributed by atoms with Gasteiger partial charge >= 0.3 is 0 Å². The van der Waals surface area contributed by atoms with Crippen LogP contribution in [0.3, 0.4) is 0 Å². The summed E-state index contributed by atoms with van der Waals surface area (Å²) in [5, 5.41) is 3.25. The van der Waals surface area contributed by atoms with Crippen LogP contribution >= 0.6 is 0 Å². The van der Waals surface area contributed by atoms with Gasteiger partial charge in [-0.25, -0.2) is 4.98 Å². The highest BCUT2D eigenvalue weighted by atomic mass is 16.1. The number of nitrogen functional groups attached to an aromatic ring is 1. The van der Waals surface area contributed by atoms with Crippen LogP contribution in [0.15, 0.2) is 11.1 Å². The predicted octanol–water partition coefficient (Wildman–Crippen LogP) is 1.20. The summed E-state index contributed by atoms with van der Waals surface area (Å²) in [6, 6.07) is 0.289. The molecule has 2 rings (SSSR count). The van der Waals surface area contributed by atoms with E-state index in [4.69, 9.17) is 5.73 Å². The average Bonchev–Trinajstić information content (AvgIpc) is 2.55. The summed E-state index contributed by atoms with van der Waals surface area (Å²) in [5.41, 5.74) is 5.89.